The third-order valence-corrected chi connectivity index (χ3v) is 5.76. The molecule has 3 nitrogen and oxygen atoms in total. The van der Waals surface area contributed by atoms with E-state index in [1.807, 2.05) is 6.92 Å². The number of hydrogen-bond acceptors (Lipinski definition) is 2. The predicted octanol–water partition coefficient (Wildman–Crippen LogP) is 6.72. The van der Waals surface area contributed by atoms with Gasteiger partial charge in [0.1, 0.15) is 0 Å². The van der Waals surface area contributed by atoms with Gasteiger partial charge in [0.15, 0.2) is 0 Å². The number of unbranched alkanes of at least 4 members (excludes halogenated alkanes) is 6. The van der Waals surface area contributed by atoms with Gasteiger partial charge in [-0.25, -0.2) is 5.43 Å². The van der Waals surface area contributed by atoms with Crippen LogP contribution in [0.25, 0.3) is 0 Å². The molecule has 1 N–H and O–H groups in total. The Morgan fingerprint density at radius 2 is 1.59 bits per heavy atom. The zero-order chi connectivity index (χ0) is 19.3. The number of rotatable bonds is 11. The molecule has 0 heterocycles. The lowest BCUT2D eigenvalue weighted by atomic mass is 9.84. The van der Waals surface area contributed by atoms with E-state index in [1.54, 1.807) is 0 Å². The van der Waals surface area contributed by atoms with E-state index in [-0.39, 0.29) is 5.91 Å². The van der Waals surface area contributed by atoms with E-state index in [0.717, 1.165) is 30.0 Å². The number of hydrogen-bond donors (Lipinski definition) is 1. The molecule has 0 bridgehead atoms. The standard InChI is InChI=1S/C24H38N2O/c1-3-4-5-6-7-8-12-15-24(27)26-25-20(2)21-16-18-23(19-17-21)22-13-10-9-11-14-22/h16-19,22H,3-15H2,1-2H3,(H,26,27)/b25-20+. The molecular weight excluding hydrogens is 332 g/mol. The SMILES string of the molecule is CCCCCCCCCC(=O)N/N=C(\C)c1ccc(C2CCCCC2)cc1. The summed E-state index contributed by atoms with van der Waals surface area (Å²) in [6, 6.07) is 8.77. The Labute approximate surface area is 166 Å². The highest BCUT2D eigenvalue weighted by Crippen LogP contribution is 2.32. The summed E-state index contributed by atoms with van der Waals surface area (Å²) >= 11 is 0. The highest BCUT2D eigenvalue weighted by atomic mass is 16.2. The first-order valence-corrected chi connectivity index (χ1v) is 11.1. The molecule has 1 saturated carbocycles. The number of carbonyl (C=O) groups excluding carboxylic acids is 1. The molecule has 0 unspecified atom stereocenters. The molecule has 1 aliphatic rings. The Hall–Kier alpha value is -1.64. The Morgan fingerprint density at radius 1 is 0.963 bits per heavy atom. The van der Waals surface area contributed by atoms with Crippen molar-refractivity contribution in [1.29, 1.82) is 0 Å². The van der Waals surface area contributed by atoms with E-state index < -0.39 is 0 Å². The van der Waals surface area contributed by atoms with Gasteiger partial charge in [-0.15, -0.1) is 0 Å². The molecule has 0 radical (unpaired) electrons. The fourth-order valence-electron chi connectivity index (χ4n) is 3.94. The number of benzene rings is 1. The Morgan fingerprint density at radius 3 is 2.26 bits per heavy atom. The molecule has 1 aliphatic carbocycles. The van der Waals surface area contributed by atoms with Crippen molar-refractivity contribution in [2.24, 2.45) is 5.10 Å². The minimum absolute atomic E-state index is 0.0294. The lowest BCUT2D eigenvalue weighted by molar-refractivity contribution is -0.121. The molecule has 150 valence electrons. The van der Waals surface area contributed by atoms with Gasteiger partial charge in [-0.3, -0.25) is 4.79 Å². The van der Waals surface area contributed by atoms with Crippen LogP contribution in [0.4, 0.5) is 0 Å². The van der Waals surface area contributed by atoms with Gasteiger partial charge in [0.05, 0.1) is 5.71 Å². The van der Waals surface area contributed by atoms with Crippen LogP contribution in [0.15, 0.2) is 29.4 Å². The van der Waals surface area contributed by atoms with Gasteiger partial charge in [0, 0.05) is 6.42 Å². The van der Waals surface area contributed by atoms with Crippen molar-refractivity contribution < 1.29 is 4.79 Å². The summed E-state index contributed by atoms with van der Waals surface area (Å²) in [5, 5.41) is 4.29. The van der Waals surface area contributed by atoms with Crippen molar-refractivity contribution in [3.05, 3.63) is 35.4 Å². The van der Waals surface area contributed by atoms with Gasteiger partial charge in [-0.2, -0.15) is 5.10 Å². The number of nitrogens with zero attached hydrogens (tertiary/aromatic N) is 1. The van der Waals surface area contributed by atoms with E-state index in [9.17, 15) is 4.79 Å². The number of amides is 1. The van der Waals surface area contributed by atoms with E-state index in [4.69, 9.17) is 0 Å². The Bertz CT molecular complexity index is 571. The van der Waals surface area contributed by atoms with Crippen molar-refractivity contribution in [1.82, 2.24) is 5.43 Å². The molecule has 0 aromatic heterocycles. The first kappa shape index (κ1) is 21.7. The summed E-state index contributed by atoms with van der Waals surface area (Å²) < 4.78 is 0. The van der Waals surface area contributed by atoms with E-state index in [1.165, 1.54) is 69.8 Å². The van der Waals surface area contributed by atoms with Crippen LogP contribution in [0.2, 0.25) is 0 Å². The topological polar surface area (TPSA) is 41.5 Å². The molecular formula is C24H38N2O. The summed E-state index contributed by atoms with van der Waals surface area (Å²) in [6.45, 7) is 4.20. The van der Waals surface area contributed by atoms with Gasteiger partial charge in [-0.1, -0.05) is 89.0 Å². The lowest BCUT2D eigenvalue weighted by Crippen LogP contribution is -2.18. The van der Waals surface area contributed by atoms with Crippen LogP contribution in [0, 0.1) is 0 Å². The summed E-state index contributed by atoms with van der Waals surface area (Å²) in [4.78, 5) is 12.0. The molecule has 2 rings (SSSR count). The van der Waals surface area contributed by atoms with Gasteiger partial charge in [0.2, 0.25) is 5.91 Å². The largest absolute Gasteiger partial charge is 0.273 e. The molecule has 0 saturated heterocycles. The minimum atomic E-state index is 0.0294. The van der Waals surface area contributed by atoms with Gasteiger partial charge in [-0.05, 0) is 43.2 Å². The third kappa shape index (κ3) is 8.28. The maximum absolute atomic E-state index is 12.0. The van der Waals surface area contributed by atoms with Crippen LogP contribution in [0.5, 0.6) is 0 Å². The second-order valence-electron chi connectivity index (χ2n) is 8.06. The zero-order valence-corrected chi connectivity index (χ0v) is 17.4. The smallest absolute Gasteiger partial charge is 0.240 e. The van der Waals surface area contributed by atoms with Crippen LogP contribution in [0.3, 0.4) is 0 Å². The molecule has 0 aliphatic heterocycles. The molecule has 1 aromatic carbocycles. The average molecular weight is 371 g/mol. The number of hydrazone groups is 1. The van der Waals surface area contributed by atoms with Crippen LogP contribution >= 0.6 is 0 Å². The monoisotopic (exact) mass is 370 g/mol. The van der Waals surface area contributed by atoms with Gasteiger partial charge in [0.25, 0.3) is 0 Å². The van der Waals surface area contributed by atoms with E-state index in [2.05, 4.69) is 41.7 Å². The van der Waals surface area contributed by atoms with Crippen molar-refractivity contribution in [3.63, 3.8) is 0 Å². The molecule has 1 amide bonds. The lowest BCUT2D eigenvalue weighted by Gasteiger charge is -2.22. The van der Waals surface area contributed by atoms with E-state index >= 15 is 0 Å². The summed E-state index contributed by atoms with van der Waals surface area (Å²) in [5.74, 6) is 0.758. The minimum Gasteiger partial charge on any atom is -0.273 e. The summed E-state index contributed by atoms with van der Waals surface area (Å²) in [7, 11) is 0. The van der Waals surface area contributed by atoms with Crippen LogP contribution < -0.4 is 5.43 Å². The molecule has 1 aromatic rings. The predicted molar refractivity (Wildman–Crippen MR) is 115 cm³/mol. The van der Waals surface area contributed by atoms with Gasteiger partial charge < -0.3 is 0 Å². The van der Waals surface area contributed by atoms with Crippen LogP contribution in [0.1, 0.15) is 114 Å². The molecule has 0 spiro atoms. The molecule has 1 fully saturated rings. The normalized spacial score (nSPS) is 15.7. The van der Waals surface area contributed by atoms with Crippen molar-refractivity contribution >= 4 is 11.6 Å². The number of nitrogens with one attached hydrogen (secondary N) is 1. The van der Waals surface area contributed by atoms with Crippen LogP contribution in [-0.4, -0.2) is 11.6 Å². The Balaban J connectivity index is 1.69. The highest BCUT2D eigenvalue weighted by molar-refractivity contribution is 5.99. The number of carbonyl (C=O) groups is 1. The quantitative estimate of drug-likeness (QED) is 0.262. The second-order valence-corrected chi connectivity index (χ2v) is 8.06. The van der Waals surface area contributed by atoms with Crippen molar-refractivity contribution in [2.45, 2.75) is 103 Å². The van der Waals surface area contributed by atoms with Crippen molar-refractivity contribution in [3.8, 4) is 0 Å². The summed E-state index contributed by atoms with van der Waals surface area (Å²) in [5.41, 5.74) is 6.13. The zero-order valence-electron chi connectivity index (χ0n) is 17.4. The van der Waals surface area contributed by atoms with E-state index in [0.29, 0.717) is 6.42 Å². The molecule has 27 heavy (non-hydrogen) atoms. The third-order valence-electron chi connectivity index (χ3n) is 5.76. The summed E-state index contributed by atoms with van der Waals surface area (Å²) in [6.07, 6.45) is 15.9. The first-order valence-electron chi connectivity index (χ1n) is 11.1. The fourth-order valence-corrected chi connectivity index (χ4v) is 3.94. The molecule has 0 atom stereocenters. The van der Waals surface area contributed by atoms with Crippen LogP contribution in [-0.2, 0) is 4.79 Å². The Kier molecular flexibility index (Phi) is 10.2. The molecule has 3 heteroatoms. The average Bonchev–Trinajstić information content (AvgIpc) is 2.72. The van der Waals surface area contributed by atoms with Crippen molar-refractivity contribution in [2.75, 3.05) is 0 Å². The van der Waals surface area contributed by atoms with Gasteiger partial charge >= 0.3 is 0 Å². The maximum Gasteiger partial charge on any atom is 0.240 e. The first-order chi connectivity index (χ1) is 13.2. The fraction of sp³-hybridized carbons (Fsp3) is 0.667. The highest BCUT2D eigenvalue weighted by Gasteiger charge is 2.15. The second kappa shape index (κ2) is 12.7. The maximum atomic E-state index is 12.0.